The minimum atomic E-state index is -0.950. The van der Waals surface area contributed by atoms with Gasteiger partial charge in [-0.3, -0.25) is 9.59 Å². The fraction of sp³-hybridized carbons (Fsp3) is 0.385. The van der Waals surface area contributed by atoms with E-state index in [4.69, 9.17) is 33.0 Å². The van der Waals surface area contributed by atoms with Gasteiger partial charge in [0, 0.05) is 18.1 Å². The van der Waals surface area contributed by atoms with Gasteiger partial charge >= 0.3 is 5.97 Å². The van der Waals surface area contributed by atoms with Gasteiger partial charge in [0.15, 0.2) is 0 Å². The maximum Gasteiger partial charge on any atom is 0.306 e. The van der Waals surface area contributed by atoms with Crippen LogP contribution in [0.1, 0.15) is 16.8 Å². The van der Waals surface area contributed by atoms with Gasteiger partial charge in [-0.2, -0.15) is 0 Å². The van der Waals surface area contributed by atoms with Crippen LogP contribution in [0.2, 0.25) is 10.0 Å². The maximum atomic E-state index is 12.4. The second-order valence-corrected chi connectivity index (χ2v) is 5.31. The zero-order valence-electron chi connectivity index (χ0n) is 10.5. The lowest BCUT2D eigenvalue weighted by molar-refractivity contribution is -0.141. The van der Waals surface area contributed by atoms with Crippen molar-refractivity contribution in [1.29, 1.82) is 0 Å². The number of hydrogen-bond acceptors (Lipinski definition) is 3. The molecule has 1 aliphatic rings. The van der Waals surface area contributed by atoms with Crippen molar-refractivity contribution in [1.82, 2.24) is 4.90 Å². The molecule has 1 atom stereocenters. The number of halogens is 2. The van der Waals surface area contributed by atoms with Gasteiger partial charge in [-0.25, -0.2) is 0 Å². The van der Waals surface area contributed by atoms with E-state index in [2.05, 4.69) is 0 Å². The Balaban J connectivity index is 2.10. The number of nitrogens with zero attached hydrogens (tertiary/aromatic N) is 1. The Bertz CT molecular complexity index is 535. The van der Waals surface area contributed by atoms with Crippen molar-refractivity contribution in [3.05, 3.63) is 33.8 Å². The third-order valence-corrected chi connectivity index (χ3v) is 3.54. The predicted octanol–water partition coefficient (Wildman–Crippen LogP) is 2.31. The molecule has 7 heteroatoms. The number of amides is 1. The summed E-state index contributed by atoms with van der Waals surface area (Å²) in [5.41, 5.74) is 0.354. The Hall–Kier alpha value is -1.30. The molecule has 0 bridgehead atoms. The molecule has 0 aliphatic carbocycles. The number of morpholine rings is 1. The van der Waals surface area contributed by atoms with Crippen LogP contribution in [-0.4, -0.2) is 47.7 Å². The van der Waals surface area contributed by atoms with Crippen LogP contribution in [0.3, 0.4) is 0 Å². The molecule has 20 heavy (non-hydrogen) atoms. The molecule has 1 amide bonds. The summed E-state index contributed by atoms with van der Waals surface area (Å²) in [4.78, 5) is 24.6. The first-order chi connectivity index (χ1) is 9.47. The summed E-state index contributed by atoms with van der Waals surface area (Å²) in [6.45, 7) is 0.965. The number of hydrogen-bond donors (Lipinski definition) is 1. The zero-order valence-corrected chi connectivity index (χ0v) is 12.0. The quantitative estimate of drug-likeness (QED) is 0.929. The van der Waals surface area contributed by atoms with Crippen molar-refractivity contribution in [2.24, 2.45) is 0 Å². The van der Waals surface area contributed by atoms with Crippen LogP contribution in [-0.2, 0) is 9.53 Å². The molecule has 108 valence electrons. The first-order valence-electron chi connectivity index (χ1n) is 6.05. The number of ether oxygens (including phenoxy) is 1. The van der Waals surface area contributed by atoms with E-state index in [0.717, 1.165) is 0 Å². The summed E-state index contributed by atoms with van der Waals surface area (Å²) >= 11 is 11.8. The molecule has 1 N–H and O–H groups in total. The molecule has 0 unspecified atom stereocenters. The molecule has 5 nitrogen and oxygen atoms in total. The minimum Gasteiger partial charge on any atom is -0.481 e. The Labute approximate surface area is 126 Å². The molecule has 2 rings (SSSR count). The molecule has 0 spiro atoms. The van der Waals surface area contributed by atoms with Crippen LogP contribution in [0.15, 0.2) is 18.2 Å². The molecule has 1 heterocycles. The topological polar surface area (TPSA) is 66.8 Å². The van der Waals surface area contributed by atoms with Gasteiger partial charge in [-0.05, 0) is 18.2 Å². The van der Waals surface area contributed by atoms with Gasteiger partial charge in [0.2, 0.25) is 0 Å². The highest BCUT2D eigenvalue weighted by molar-refractivity contribution is 6.36. The van der Waals surface area contributed by atoms with Gasteiger partial charge in [-0.15, -0.1) is 0 Å². The number of rotatable bonds is 3. The Morgan fingerprint density at radius 1 is 1.40 bits per heavy atom. The first kappa shape index (κ1) is 15.1. The predicted molar refractivity (Wildman–Crippen MR) is 74.4 cm³/mol. The third-order valence-electron chi connectivity index (χ3n) is 2.99. The van der Waals surface area contributed by atoms with Gasteiger partial charge in [0.1, 0.15) is 0 Å². The SMILES string of the molecule is O=C(O)C[C@@H]1CN(C(=O)c2ccc(Cl)cc2Cl)CCO1. The van der Waals surface area contributed by atoms with Crippen molar-refractivity contribution in [2.45, 2.75) is 12.5 Å². The van der Waals surface area contributed by atoms with Crippen molar-refractivity contribution in [3.8, 4) is 0 Å². The van der Waals surface area contributed by atoms with E-state index in [1.54, 1.807) is 17.0 Å². The van der Waals surface area contributed by atoms with Crippen LogP contribution in [0.25, 0.3) is 0 Å². The highest BCUT2D eigenvalue weighted by Gasteiger charge is 2.27. The third kappa shape index (κ3) is 3.62. The second-order valence-electron chi connectivity index (χ2n) is 4.47. The van der Waals surface area contributed by atoms with Crippen LogP contribution in [0.5, 0.6) is 0 Å². The fourth-order valence-corrected chi connectivity index (χ4v) is 2.54. The number of benzene rings is 1. The van der Waals surface area contributed by atoms with Crippen molar-refractivity contribution in [2.75, 3.05) is 19.7 Å². The average molecular weight is 318 g/mol. The summed E-state index contributed by atoms with van der Waals surface area (Å²) in [7, 11) is 0. The fourth-order valence-electron chi connectivity index (χ4n) is 2.06. The molecular formula is C13H13Cl2NO4. The standard InChI is InChI=1S/C13H13Cl2NO4/c14-8-1-2-10(11(15)5-8)13(19)16-3-4-20-9(7-16)6-12(17)18/h1-2,5,9H,3-4,6-7H2,(H,17,18)/t9-/m1/s1. The molecule has 0 radical (unpaired) electrons. The molecule has 1 saturated heterocycles. The monoisotopic (exact) mass is 317 g/mol. The van der Waals surface area contributed by atoms with Gasteiger partial charge < -0.3 is 14.7 Å². The Morgan fingerprint density at radius 2 is 2.15 bits per heavy atom. The number of aliphatic carboxylic acids is 1. The van der Waals surface area contributed by atoms with E-state index in [0.29, 0.717) is 23.7 Å². The number of carboxylic acids is 1. The van der Waals surface area contributed by atoms with Crippen molar-refractivity contribution in [3.63, 3.8) is 0 Å². The van der Waals surface area contributed by atoms with E-state index in [9.17, 15) is 9.59 Å². The van der Waals surface area contributed by atoms with Crippen molar-refractivity contribution < 1.29 is 19.4 Å². The Morgan fingerprint density at radius 3 is 2.80 bits per heavy atom. The lowest BCUT2D eigenvalue weighted by Crippen LogP contribution is -2.46. The molecule has 1 aliphatic heterocycles. The Kier molecular flexibility index (Phi) is 4.86. The van der Waals surface area contributed by atoms with Crippen molar-refractivity contribution >= 4 is 35.1 Å². The molecule has 0 aromatic heterocycles. The molecule has 1 fully saturated rings. The zero-order chi connectivity index (χ0) is 14.7. The molecule has 1 aromatic rings. The van der Waals surface area contributed by atoms with E-state index in [1.165, 1.54) is 6.07 Å². The van der Waals surface area contributed by atoms with Crippen LogP contribution >= 0.6 is 23.2 Å². The minimum absolute atomic E-state index is 0.127. The normalized spacial score (nSPS) is 18.9. The van der Waals surface area contributed by atoms with E-state index in [-0.39, 0.29) is 23.9 Å². The van der Waals surface area contributed by atoms with Gasteiger partial charge in [-0.1, -0.05) is 23.2 Å². The maximum absolute atomic E-state index is 12.4. The van der Waals surface area contributed by atoms with E-state index < -0.39 is 12.1 Å². The summed E-state index contributed by atoms with van der Waals surface area (Å²) < 4.78 is 5.33. The lowest BCUT2D eigenvalue weighted by Gasteiger charge is -2.32. The summed E-state index contributed by atoms with van der Waals surface area (Å²) in [6.07, 6.45) is -0.616. The summed E-state index contributed by atoms with van der Waals surface area (Å²) in [6, 6.07) is 4.66. The van der Waals surface area contributed by atoms with Crippen LogP contribution in [0.4, 0.5) is 0 Å². The highest BCUT2D eigenvalue weighted by Crippen LogP contribution is 2.23. The largest absolute Gasteiger partial charge is 0.481 e. The van der Waals surface area contributed by atoms with E-state index in [1.807, 2.05) is 0 Å². The molecule has 0 saturated carbocycles. The highest BCUT2D eigenvalue weighted by atomic mass is 35.5. The average Bonchev–Trinajstić information content (AvgIpc) is 2.37. The summed E-state index contributed by atoms with van der Waals surface area (Å²) in [5, 5.41) is 9.50. The number of carbonyl (C=O) groups is 2. The van der Waals surface area contributed by atoms with Gasteiger partial charge in [0.25, 0.3) is 5.91 Å². The van der Waals surface area contributed by atoms with E-state index >= 15 is 0 Å². The lowest BCUT2D eigenvalue weighted by atomic mass is 10.1. The first-order valence-corrected chi connectivity index (χ1v) is 6.80. The number of carbonyl (C=O) groups excluding carboxylic acids is 1. The number of carboxylic acid groups (broad SMARTS) is 1. The van der Waals surface area contributed by atoms with Gasteiger partial charge in [0.05, 0.1) is 29.7 Å². The van der Waals surface area contributed by atoms with Crippen LogP contribution in [0, 0.1) is 0 Å². The second kappa shape index (κ2) is 6.43. The molecular weight excluding hydrogens is 305 g/mol. The summed E-state index contributed by atoms with van der Waals surface area (Å²) in [5.74, 6) is -1.20. The van der Waals surface area contributed by atoms with Crippen LogP contribution < -0.4 is 0 Å². The molecule has 1 aromatic carbocycles. The smallest absolute Gasteiger partial charge is 0.306 e.